The van der Waals surface area contributed by atoms with Crippen molar-refractivity contribution >= 4 is 29.0 Å². The predicted molar refractivity (Wildman–Crippen MR) is 81.2 cm³/mol. The maximum Gasteiger partial charge on any atom is 0.200 e. The molecule has 0 fully saturated rings. The summed E-state index contributed by atoms with van der Waals surface area (Å²) in [5.41, 5.74) is -1.20. The molecule has 0 aliphatic carbocycles. The Morgan fingerprint density at radius 3 is 2.08 bits per heavy atom. The van der Waals surface area contributed by atoms with E-state index in [0.717, 1.165) is 12.1 Å². The van der Waals surface area contributed by atoms with Crippen molar-refractivity contribution in [1.29, 1.82) is 0 Å². The maximum absolute atomic E-state index is 13.7. The predicted octanol–water partition coefficient (Wildman–Crippen LogP) is 3.46. The van der Waals surface area contributed by atoms with Crippen LogP contribution in [0.5, 0.6) is 0 Å². The highest BCUT2D eigenvalue weighted by molar-refractivity contribution is 6.02. The minimum absolute atomic E-state index is 0.0631. The molecular weight excluding hydrogens is 357 g/mol. The number of aromatic carboxylic acids is 1. The average molecular weight is 364 g/mol. The molecule has 0 aliphatic rings. The number of carboxylic acids is 1. The summed E-state index contributed by atoms with van der Waals surface area (Å²) >= 11 is 0. The first-order chi connectivity index (χ1) is 12.3. The van der Waals surface area contributed by atoms with E-state index in [2.05, 4.69) is 4.98 Å². The van der Waals surface area contributed by atoms with Crippen molar-refractivity contribution in [1.82, 2.24) is 4.98 Å². The fourth-order valence-corrected chi connectivity index (χ4v) is 2.39. The molecule has 0 unspecified atom stereocenters. The van der Waals surface area contributed by atoms with E-state index < -0.39 is 40.6 Å². The van der Waals surface area contributed by atoms with Crippen molar-refractivity contribution in [2.45, 2.75) is 0 Å². The number of hydrogen-bond acceptors (Lipinski definition) is 3. The Balaban J connectivity index is 2.15. The van der Waals surface area contributed by atoms with Gasteiger partial charge in [-0.25, -0.2) is 26.9 Å². The van der Waals surface area contributed by atoms with Gasteiger partial charge in [0, 0.05) is 10.9 Å². The molecule has 0 saturated carbocycles. The van der Waals surface area contributed by atoms with Crippen LogP contribution in [0.1, 0.15) is 21.6 Å². The molecule has 132 valence electrons. The standard InChI is InChI=1S/C18H8F5NO2/c19-13-10(14(20)16(22)17(23)15(13)21)6-5-8-7-11(18(25)26)9-3-1-2-4-12(9)24-8/h1-7H,(H,25,26)/p-1/b6-5+. The van der Waals surface area contributed by atoms with E-state index in [-0.39, 0.29) is 22.2 Å². The van der Waals surface area contributed by atoms with Gasteiger partial charge in [0.1, 0.15) is 0 Å². The maximum atomic E-state index is 13.7. The van der Waals surface area contributed by atoms with Crippen molar-refractivity contribution in [2.75, 3.05) is 0 Å². The van der Waals surface area contributed by atoms with Gasteiger partial charge in [-0.05, 0) is 24.3 Å². The number of nitrogens with zero attached hydrogens (tertiary/aromatic N) is 1. The van der Waals surface area contributed by atoms with Crippen LogP contribution in [0.3, 0.4) is 0 Å². The normalized spacial score (nSPS) is 11.4. The van der Waals surface area contributed by atoms with Crippen molar-refractivity contribution in [3.63, 3.8) is 0 Å². The van der Waals surface area contributed by atoms with Gasteiger partial charge >= 0.3 is 0 Å². The number of benzene rings is 2. The molecule has 1 heterocycles. The molecule has 0 N–H and O–H groups in total. The van der Waals surface area contributed by atoms with Crippen LogP contribution in [0, 0.1) is 29.1 Å². The van der Waals surface area contributed by atoms with Crippen LogP contribution < -0.4 is 5.11 Å². The van der Waals surface area contributed by atoms with Crippen LogP contribution >= 0.6 is 0 Å². The van der Waals surface area contributed by atoms with Crippen LogP contribution in [0.25, 0.3) is 23.1 Å². The highest BCUT2D eigenvalue weighted by Gasteiger charge is 2.24. The number of carbonyl (C=O) groups excluding carboxylic acids is 1. The van der Waals surface area contributed by atoms with Gasteiger partial charge in [0.2, 0.25) is 5.82 Å². The highest BCUT2D eigenvalue weighted by atomic mass is 19.2. The second-order valence-corrected chi connectivity index (χ2v) is 5.22. The second-order valence-electron chi connectivity index (χ2n) is 5.22. The Kier molecular flexibility index (Phi) is 4.41. The lowest BCUT2D eigenvalue weighted by molar-refractivity contribution is -0.254. The van der Waals surface area contributed by atoms with Gasteiger partial charge in [0.15, 0.2) is 23.3 Å². The van der Waals surface area contributed by atoms with E-state index in [1.807, 2.05) is 0 Å². The van der Waals surface area contributed by atoms with Crippen molar-refractivity contribution in [3.05, 3.63) is 76.2 Å². The summed E-state index contributed by atoms with van der Waals surface area (Å²) in [6.45, 7) is 0. The van der Waals surface area contributed by atoms with Crippen LogP contribution in [-0.4, -0.2) is 11.0 Å². The van der Waals surface area contributed by atoms with Crippen molar-refractivity contribution in [2.24, 2.45) is 0 Å². The average Bonchev–Trinajstić information content (AvgIpc) is 2.64. The largest absolute Gasteiger partial charge is 0.545 e. The third kappa shape index (κ3) is 2.90. The van der Waals surface area contributed by atoms with Crippen LogP contribution in [0.2, 0.25) is 0 Å². The van der Waals surface area contributed by atoms with E-state index in [4.69, 9.17) is 0 Å². The molecule has 1 aromatic heterocycles. The number of fused-ring (bicyclic) bond motifs is 1. The number of halogens is 5. The summed E-state index contributed by atoms with van der Waals surface area (Å²) in [5.74, 6) is -11.9. The van der Waals surface area contributed by atoms with Crippen LogP contribution in [0.15, 0.2) is 30.3 Å². The van der Waals surface area contributed by atoms with Gasteiger partial charge in [-0.3, -0.25) is 0 Å². The first-order valence-corrected chi connectivity index (χ1v) is 7.12. The molecule has 0 spiro atoms. The van der Waals surface area contributed by atoms with E-state index in [9.17, 15) is 31.9 Å². The highest BCUT2D eigenvalue weighted by Crippen LogP contribution is 2.25. The van der Waals surface area contributed by atoms with Crippen molar-refractivity contribution in [3.8, 4) is 0 Å². The number of para-hydroxylation sites is 1. The lowest BCUT2D eigenvalue weighted by atomic mass is 10.1. The molecule has 0 bridgehead atoms. The van der Waals surface area contributed by atoms with E-state index in [1.165, 1.54) is 12.1 Å². The summed E-state index contributed by atoms with van der Waals surface area (Å²) in [6.07, 6.45) is 1.57. The van der Waals surface area contributed by atoms with Crippen LogP contribution in [0.4, 0.5) is 22.0 Å². The number of hydrogen-bond donors (Lipinski definition) is 0. The molecule has 3 nitrogen and oxygen atoms in total. The Bertz CT molecular complexity index is 1050. The number of aromatic nitrogens is 1. The van der Waals surface area contributed by atoms with Crippen molar-refractivity contribution < 1.29 is 31.9 Å². The first-order valence-electron chi connectivity index (χ1n) is 7.12. The number of carbonyl (C=O) groups is 1. The zero-order valence-electron chi connectivity index (χ0n) is 12.7. The Morgan fingerprint density at radius 1 is 0.885 bits per heavy atom. The molecular formula is C18H7F5NO2-. The third-order valence-corrected chi connectivity index (χ3v) is 3.62. The Labute approximate surface area is 143 Å². The number of carboxylic acid groups (broad SMARTS) is 1. The summed E-state index contributed by atoms with van der Waals surface area (Å²) < 4.78 is 66.8. The molecule has 0 amide bonds. The molecule has 3 aromatic rings. The smallest absolute Gasteiger partial charge is 0.200 e. The first kappa shape index (κ1) is 17.5. The zero-order chi connectivity index (χ0) is 19.0. The summed E-state index contributed by atoms with van der Waals surface area (Å²) in [4.78, 5) is 15.3. The molecule has 2 aromatic carbocycles. The fourth-order valence-electron chi connectivity index (χ4n) is 2.39. The minimum Gasteiger partial charge on any atom is -0.545 e. The number of pyridine rings is 1. The lowest BCUT2D eigenvalue weighted by Crippen LogP contribution is -2.22. The van der Waals surface area contributed by atoms with E-state index >= 15 is 0 Å². The van der Waals surface area contributed by atoms with Gasteiger partial charge in [0.25, 0.3) is 0 Å². The Morgan fingerprint density at radius 2 is 1.46 bits per heavy atom. The number of rotatable bonds is 3. The third-order valence-electron chi connectivity index (χ3n) is 3.62. The molecule has 0 radical (unpaired) electrons. The second kappa shape index (κ2) is 6.55. The quantitative estimate of drug-likeness (QED) is 0.406. The topological polar surface area (TPSA) is 53.0 Å². The summed E-state index contributed by atoms with van der Waals surface area (Å²) in [6, 6.07) is 7.23. The van der Waals surface area contributed by atoms with Gasteiger partial charge in [-0.15, -0.1) is 0 Å². The van der Waals surface area contributed by atoms with Gasteiger partial charge in [-0.2, -0.15) is 0 Å². The zero-order valence-corrected chi connectivity index (χ0v) is 12.7. The molecule has 26 heavy (non-hydrogen) atoms. The van der Waals surface area contributed by atoms with Crippen LogP contribution in [-0.2, 0) is 0 Å². The minimum atomic E-state index is -2.26. The lowest BCUT2D eigenvalue weighted by Gasteiger charge is -2.08. The monoisotopic (exact) mass is 364 g/mol. The molecule has 0 saturated heterocycles. The summed E-state index contributed by atoms with van der Waals surface area (Å²) in [7, 11) is 0. The van der Waals surface area contributed by atoms with Gasteiger partial charge in [0.05, 0.1) is 22.7 Å². The van der Waals surface area contributed by atoms with E-state index in [1.54, 1.807) is 12.1 Å². The molecule has 8 heteroatoms. The SMILES string of the molecule is O=C([O-])c1cc(/C=C/c2c(F)c(F)c(F)c(F)c2F)nc2ccccc12. The van der Waals surface area contributed by atoms with Gasteiger partial charge in [-0.1, -0.05) is 18.2 Å². The molecule has 3 rings (SSSR count). The Hall–Kier alpha value is -3.29. The van der Waals surface area contributed by atoms with Gasteiger partial charge < -0.3 is 9.90 Å². The molecule has 0 aliphatic heterocycles. The fraction of sp³-hybridized carbons (Fsp3) is 0. The molecule has 0 atom stereocenters. The van der Waals surface area contributed by atoms with E-state index in [0.29, 0.717) is 6.08 Å². The summed E-state index contributed by atoms with van der Waals surface area (Å²) in [5, 5.41) is 11.5.